The first-order valence-electron chi connectivity index (χ1n) is 4.95. The van der Waals surface area contributed by atoms with Gasteiger partial charge in [0.05, 0.1) is 0 Å². The Balaban J connectivity index is 2.06. The monoisotopic (exact) mass is 166 g/mol. The fourth-order valence-electron chi connectivity index (χ4n) is 1.95. The summed E-state index contributed by atoms with van der Waals surface area (Å²) in [6.45, 7) is 3.21. The lowest BCUT2D eigenvalue weighted by Crippen LogP contribution is -2.17. The maximum Gasteiger partial charge on any atom is 0.176 e. The van der Waals surface area contributed by atoms with Gasteiger partial charge in [-0.1, -0.05) is 32.6 Å². The largest absolute Gasteiger partial charge is 0.324 e. The van der Waals surface area contributed by atoms with Crippen LogP contribution in [0, 0.1) is 23.3 Å². The fraction of sp³-hybridized carbons (Fsp3) is 0.900. The Bertz CT molecular complexity index is 152. The Kier molecular flexibility index (Phi) is 3.93. The Labute approximate surface area is 75.0 Å². The van der Waals surface area contributed by atoms with E-state index in [2.05, 4.69) is 12.2 Å². The van der Waals surface area contributed by atoms with Crippen LogP contribution < -0.4 is 5.32 Å². The van der Waals surface area contributed by atoms with Gasteiger partial charge in [-0.25, -0.2) is 0 Å². The minimum atomic E-state index is 0.871. The molecule has 0 aromatic rings. The second-order valence-electron chi connectivity index (χ2n) is 3.95. The number of nitriles is 1. The lowest BCUT2D eigenvalue weighted by Gasteiger charge is -2.25. The summed E-state index contributed by atoms with van der Waals surface area (Å²) in [7, 11) is 0. The van der Waals surface area contributed by atoms with Gasteiger partial charge in [0.15, 0.2) is 6.19 Å². The van der Waals surface area contributed by atoms with Crippen molar-refractivity contribution in [3.05, 3.63) is 0 Å². The molecule has 0 bridgehead atoms. The minimum Gasteiger partial charge on any atom is -0.324 e. The highest BCUT2D eigenvalue weighted by Crippen LogP contribution is 2.29. The van der Waals surface area contributed by atoms with Gasteiger partial charge in [-0.2, -0.15) is 5.26 Å². The summed E-state index contributed by atoms with van der Waals surface area (Å²) < 4.78 is 0. The first-order valence-corrected chi connectivity index (χ1v) is 4.95. The second-order valence-corrected chi connectivity index (χ2v) is 3.95. The molecule has 2 heteroatoms. The summed E-state index contributed by atoms with van der Waals surface area (Å²) in [6, 6.07) is 0. The highest BCUT2D eigenvalue weighted by molar-refractivity contribution is 4.72. The lowest BCUT2D eigenvalue weighted by molar-refractivity contribution is 0.278. The van der Waals surface area contributed by atoms with Crippen LogP contribution in [0.1, 0.15) is 39.0 Å². The Morgan fingerprint density at radius 3 is 2.58 bits per heavy atom. The third kappa shape index (κ3) is 3.13. The summed E-state index contributed by atoms with van der Waals surface area (Å²) in [5.41, 5.74) is 0. The lowest BCUT2D eigenvalue weighted by atomic mass is 9.81. The summed E-state index contributed by atoms with van der Waals surface area (Å²) >= 11 is 0. The van der Waals surface area contributed by atoms with E-state index in [0.29, 0.717) is 0 Å². The predicted molar refractivity (Wildman–Crippen MR) is 49.4 cm³/mol. The van der Waals surface area contributed by atoms with Crippen molar-refractivity contribution < 1.29 is 0 Å². The van der Waals surface area contributed by atoms with Crippen molar-refractivity contribution >= 4 is 0 Å². The topological polar surface area (TPSA) is 35.8 Å². The van der Waals surface area contributed by atoms with Gasteiger partial charge in [-0.15, -0.1) is 0 Å². The minimum absolute atomic E-state index is 0.871. The van der Waals surface area contributed by atoms with E-state index in [0.717, 1.165) is 18.4 Å². The smallest absolute Gasteiger partial charge is 0.176 e. The molecule has 0 unspecified atom stereocenters. The molecule has 1 aliphatic carbocycles. The van der Waals surface area contributed by atoms with Gasteiger partial charge in [0.1, 0.15) is 0 Å². The zero-order chi connectivity index (χ0) is 8.81. The van der Waals surface area contributed by atoms with Crippen LogP contribution in [0.3, 0.4) is 0 Å². The first-order chi connectivity index (χ1) is 5.83. The highest BCUT2D eigenvalue weighted by Gasteiger charge is 2.17. The maximum atomic E-state index is 8.28. The molecule has 1 saturated carbocycles. The zero-order valence-electron chi connectivity index (χ0n) is 7.84. The van der Waals surface area contributed by atoms with Gasteiger partial charge in [0.2, 0.25) is 0 Å². The van der Waals surface area contributed by atoms with E-state index in [1.807, 2.05) is 6.19 Å². The van der Waals surface area contributed by atoms with Gasteiger partial charge < -0.3 is 5.32 Å². The molecule has 0 atom stereocenters. The van der Waals surface area contributed by atoms with Crippen molar-refractivity contribution in [2.24, 2.45) is 11.8 Å². The van der Waals surface area contributed by atoms with E-state index >= 15 is 0 Å². The molecule has 12 heavy (non-hydrogen) atoms. The number of hydrogen-bond acceptors (Lipinski definition) is 2. The van der Waals surface area contributed by atoms with Crippen LogP contribution in [0.15, 0.2) is 0 Å². The van der Waals surface area contributed by atoms with Crippen molar-refractivity contribution in [2.45, 2.75) is 39.0 Å². The second kappa shape index (κ2) is 5.03. The molecule has 0 aliphatic heterocycles. The SMILES string of the molecule is CC1CCC(CCNC#N)CC1. The highest BCUT2D eigenvalue weighted by atomic mass is 14.8. The zero-order valence-corrected chi connectivity index (χ0v) is 7.84. The van der Waals surface area contributed by atoms with E-state index in [1.54, 1.807) is 0 Å². The van der Waals surface area contributed by atoms with E-state index in [4.69, 9.17) is 5.26 Å². The van der Waals surface area contributed by atoms with Gasteiger partial charge in [0, 0.05) is 6.54 Å². The molecular formula is C10H18N2. The average molecular weight is 166 g/mol. The number of nitrogens with zero attached hydrogens (tertiary/aromatic N) is 1. The van der Waals surface area contributed by atoms with Crippen molar-refractivity contribution in [2.75, 3.05) is 6.54 Å². The van der Waals surface area contributed by atoms with Crippen LogP contribution in [-0.4, -0.2) is 6.54 Å². The van der Waals surface area contributed by atoms with Crippen LogP contribution in [-0.2, 0) is 0 Å². The van der Waals surface area contributed by atoms with E-state index < -0.39 is 0 Å². The van der Waals surface area contributed by atoms with Crippen LogP contribution in [0.2, 0.25) is 0 Å². The maximum absolute atomic E-state index is 8.28. The summed E-state index contributed by atoms with van der Waals surface area (Å²) in [6.07, 6.45) is 8.66. The molecular weight excluding hydrogens is 148 g/mol. The Morgan fingerprint density at radius 2 is 2.00 bits per heavy atom. The molecule has 0 saturated heterocycles. The predicted octanol–water partition coefficient (Wildman–Crippen LogP) is 2.27. The molecule has 0 aromatic carbocycles. The van der Waals surface area contributed by atoms with Crippen LogP contribution >= 0.6 is 0 Å². The van der Waals surface area contributed by atoms with Crippen LogP contribution in [0.5, 0.6) is 0 Å². The molecule has 0 radical (unpaired) electrons. The average Bonchev–Trinajstić information content (AvgIpc) is 2.09. The Hall–Kier alpha value is -0.710. The van der Waals surface area contributed by atoms with Crippen molar-refractivity contribution in [1.82, 2.24) is 5.32 Å². The molecule has 1 fully saturated rings. The van der Waals surface area contributed by atoms with Crippen molar-refractivity contribution in [1.29, 1.82) is 5.26 Å². The molecule has 1 rings (SSSR count). The van der Waals surface area contributed by atoms with E-state index in [9.17, 15) is 0 Å². The summed E-state index contributed by atoms with van der Waals surface area (Å²) in [5, 5.41) is 11.0. The Morgan fingerprint density at radius 1 is 1.33 bits per heavy atom. The molecule has 2 nitrogen and oxygen atoms in total. The summed E-state index contributed by atoms with van der Waals surface area (Å²) in [5.74, 6) is 1.81. The van der Waals surface area contributed by atoms with Crippen molar-refractivity contribution in [3.8, 4) is 6.19 Å². The first kappa shape index (κ1) is 9.38. The fourth-order valence-corrected chi connectivity index (χ4v) is 1.95. The molecule has 1 N–H and O–H groups in total. The number of rotatable bonds is 3. The summed E-state index contributed by atoms with van der Waals surface area (Å²) in [4.78, 5) is 0. The van der Waals surface area contributed by atoms with Gasteiger partial charge in [-0.3, -0.25) is 0 Å². The van der Waals surface area contributed by atoms with E-state index in [-0.39, 0.29) is 0 Å². The normalized spacial score (nSPS) is 29.3. The third-order valence-corrected chi connectivity index (χ3v) is 2.89. The standard InChI is InChI=1S/C10H18N2/c1-9-2-4-10(5-3-9)6-7-12-8-11/h9-10,12H,2-7H2,1H3. The number of hydrogen-bond donors (Lipinski definition) is 1. The quantitative estimate of drug-likeness (QED) is 0.396. The van der Waals surface area contributed by atoms with Gasteiger partial charge in [-0.05, 0) is 18.3 Å². The van der Waals surface area contributed by atoms with Gasteiger partial charge in [0.25, 0.3) is 0 Å². The van der Waals surface area contributed by atoms with Crippen molar-refractivity contribution in [3.63, 3.8) is 0 Å². The molecule has 68 valence electrons. The van der Waals surface area contributed by atoms with Gasteiger partial charge >= 0.3 is 0 Å². The molecule has 0 spiro atoms. The molecule has 0 heterocycles. The molecule has 0 aromatic heterocycles. The number of nitrogens with one attached hydrogen (secondary N) is 1. The van der Waals surface area contributed by atoms with E-state index in [1.165, 1.54) is 32.1 Å². The third-order valence-electron chi connectivity index (χ3n) is 2.89. The van der Waals surface area contributed by atoms with Crippen LogP contribution in [0.4, 0.5) is 0 Å². The van der Waals surface area contributed by atoms with Crippen LogP contribution in [0.25, 0.3) is 0 Å². The molecule has 0 amide bonds. The molecule has 1 aliphatic rings.